The van der Waals surface area contributed by atoms with Crippen LogP contribution >= 0.6 is 0 Å². The molecule has 1 aliphatic heterocycles. The van der Waals surface area contributed by atoms with Crippen molar-refractivity contribution < 1.29 is 9.59 Å². The molecule has 8 heteroatoms. The minimum Gasteiger partial charge on any atom is -0.366 e. The van der Waals surface area contributed by atoms with Crippen LogP contribution in [0.25, 0.3) is 16.7 Å². The van der Waals surface area contributed by atoms with Gasteiger partial charge in [0.1, 0.15) is 5.78 Å². The van der Waals surface area contributed by atoms with Crippen LogP contribution in [0.2, 0.25) is 0 Å². The number of nitrogens with two attached hydrogens (primary N) is 1. The van der Waals surface area contributed by atoms with Crippen molar-refractivity contribution >= 4 is 28.7 Å². The third-order valence-corrected chi connectivity index (χ3v) is 7.24. The van der Waals surface area contributed by atoms with Gasteiger partial charge in [0.05, 0.1) is 16.8 Å². The van der Waals surface area contributed by atoms with Gasteiger partial charge in [0.15, 0.2) is 5.65 Å². The molecular formula is C28H27N5O3. The van der Waals surface area contributed by atoms with Crippen molar-refractivity contribution in [1.29, 1.82) is 0 Å². The van der Waals surface area contributed by atoms with Crippen LogP contribution in [-0.4, -0.2) is 39.3 Å². The van der Waals surface area contributed by atoms with Crippen LogP contribution in [-0.2, 0) is 10.2 Å². The Labute approximate surface area is 208 Å². The molecule has 5 rings (SSSR count). The maximum Gasteiger partial charge on any atom is 0.256 e. The van der Waals surface area contributed by atoms with Crippen molar-refractivity contribution in [2.45, 2.75) is 32.1 Å². The maximum atomic E-state index is 12.9. The second kappa shape index (κ2) is 9.03. The lowest BCUT2D eigenvalue weighted by Gasteiger charge is -2.40. The molecule has 0 atom stereocenters. The second-order valence-corrected chi connectivity index (χ2v) is 9.26. The van der Waals surface area contributed by atoms with Crippen LogP contribution < -0.4 is 16.2 Å². The molecule has 2 N–H and O–H groups in total. The predicted molar refractivity (Wildman–Crippen MR) is 139 cm³/mol. The Hall–Kier alpha value is -4.33. The Bertz CT molecular complexity index is 1520. The molecule has 8 nitrogen and oxygen atoms in total. The summed E-state index contributed by atoms with van der Waals surface area (Å²) < 4.78 is 1.52. The highest BCUT2D eigenvalue weighted by molar-refractivity contribution is 5.93. The van der Waals surface area contributed by atoms with Gasteiger partial charge in [-0.3, -0.25) is 19.0 Å². The fourth-order valence-electron chi connectivity index (χ4n) is 5.11. The van der Waals surface area contributed by atoms with E-state index in [1.807, 2.05) is 37.3 Å². The number of piperidine rings is 1. The number of aromatic nitrogens is 3. The first kappa shape index (κ1) is 23.4. The van der Waals surface area contributed by atoms with Gasteiger partial charge in [-0.25, -0.2) is 4.98 Å². The number of fused-ring (bicyclic) bond motifs is 1. The number of carbonyl (C=O) groups excluding carboxylic acids is 2. The van der Waals surface area contributed by atoms with Crippen LogP contribution in [0.3, 0.4) is 0 Å². The molecule has 1 amide bonds. The number of primary amides is 1. The molecule has 2 aromatic carbocycles. The number of carbonyl (C=O) groups is 2. The molecule has 36 heavy (non-hydrogen) atoms. The first-order valence-electron chi connectivity index (χ1n) is 11.9. The fraction of sp³-hybridized carbons (Fsp3) is 0.250. The van der Waals surface area contributed by atoms with E-state index < -0.39 is 11.3 Å². The molecular weight excluding hydrogens is 454 g/mol. The minimum absolute atomic E-state index is 0.164. The van der Waals surface area contributed by atoms with E-state index in [-0.39, 0.29) is 11.3 Å². The third-order valence-electron chi connectivity index (χ3n) is 7.24. The Morgan fingerprint density at radius 3 is 2.19 bits per heavy atom. The van der Waals surface area contributed by atoms with Crippen molar-refractivity contribution in [3.63, 3.8) is 0 Å². The summed E-state index contributed by atoms with van der Waals surface area (Å²) >= 11 is 0. The normalized spacial score (nSPS) is 15.1. The first-order valence-corrected chi connectivity index (χ1v) is 11.9. The van der Waals surface area contributed by atoms with E-state index in [0.717, 1.165) is 16.6 Å². The van der Waals surface area contributed by atoms with Gasteiger partial charge in [0.2, 0.25) is 11.9 Å². The van der Waals surface area contributed by atoms with E-state index in [1.54, 1.807) is 37.3 Å². The van der Waals surface area contributed by atoms with Crippen molar-refractivity contribution in [1.82, 2.24) is 14.5 Å². The van der Waals surface area contributed by atoms with Crippen LogP contribution in [0, 0.1) is 6.92 Å². The highest BCUT2D eigenvalue weighted by atomic mass is 16.1. The molecule has 0 saturated carbocycles. The number of nitrogens with zero attached hydrogens (tertiary/aromatic N) is 4. The Balaban J connectivity index is 1.54. The molecule has 0 radical (unpaired) electrons. The van der Waals surface area contributed by atoms with Crippen LogP contribution in [0.1, 0.15) is 41.4 Å². The quantitative estimate of drug-likeness (QED) is 0.468. The van der Waals surface area contributed by atoms with Gasteiger partial charge in [0, 0.05) is 30.1 Å². The first-order chi connectivity index (χ1) is 17.3. The van der Waals surface area contributed by atoms with E-state index >= 15 is 0 Å². The lowest BCUT2D eigenvalue weighted by molar-refractivity contribution is -0.123. The molecule has 4 aromatic rings. The summed E-state index contributed by atoms with van der Waals surface area (Å²) in [5, 5.41) is 0.761. The molecule has 1 fully saturated rings. The average Bonchev–Trinajstić information content (AvgIpc) is 2.89. The van der Waals surface area contributed by atoms with E-state index in [1.165, 1.54) is 10.6 Å². The van der Waals surface area contributed by atoms with Crippen LogP contribution in [0.5, 0.6) is 0 Å². The molecule has 0 aliphatic carbocycles. The topological polar surface area (TPSA) is 111 Å². The Morgan fingerprint density at radius 1 is 0.917 bits per heavy atom. The molecule has 0 spiro atoms. The van der Waals surface area contributed by atoms with E-state index in [4.69, 9.17) is 15.7 Å². The van der Waals surface area contributed by atoms with Crippen LogP contribution in [0.4, 0.5) is 5.95 Å². The molecule has 3 heterocycles. The van der Waals surface area contributed by atoms with Gasteiger partial charge >= 0.3 is 0 Å². The van der Waals surface area contributed by atoms with Gasteiger partial charge in [-0.1, -0.05) is 30.3 Å². The number of ketones is 1. The summed E-state index contributed by atoms with van der Waals surface area (Å²) in [6.45, 7) is 4.79. The largest absolute Gasteiger partial charge is 0.366 e. The zero-order chi connectivity index (χ0) is 25.4. The number of hydrogen-bond acceptors (Lipinski definition) is 6. The van der Waals surface area contributed by atoms with Crippen molar-refractivity contribution in [3.05, 3.63) is 93.9 Å². The number of rotatable bonds is 5. The summed E-state index contributed by atoms with van der Waals surface area (Å²) in [5.74, 6) is 0.157. The number of amides is 1. The predicted octanol–water partition coefficient (Wildman–Crippen LogP) is 3.32. The lowest BCUT2D eigenvalue weighted by Crippen LogP contribution is -2.47. The van der Waals surface area contributed by atoms with Crippen molar-refractivity contribution in [2.75, 3.05) is 18.0 Å². The molecule has 182 valence electrons. The summed E-state index contributed by atoms with van der Waals surface area (Å²) in [5.41, 5.74) is 7.83. The minimum atomic E-state index is -0.533. The zero-order valence-electron chi connectivity index (χ0n) is 20.3. The smallest absolute Gasteiger partial charge is 0.256 e. The van der Waals surface area contributed by atoms with E-state index in [9.17, 15) is 14.4 Å². The Morgan fingerprint density at radius 2 is 1.58 bits per heavy atom. The van der Waals surface area contributed by atoms with E-state index in [0.29, 0.717) is 48.8 Å². The summed E-state index contributed by atoms with van der Waals surface area (Å²) in [4.78, 5) is 48.8. The fourth-order valence-corrected chi connectivity index (χ4v) is 5.11. The number of benzene rings is 2. The highest BCUT2D eigenvalue weighted by Crippen LogP contribution is 2.37. The van der Waals surface area contributed by atoms with Crippen LogP contribution in [0.15, 0.2) is 71.5 Å². The molecule has 1 aliphatic rings. The van der Waals surface area contributed by atoms with Gasteiger partial charge < -0.3 is 10.6 Å². The standard InChI is InChI=1S/C28H27N5O3/c1-18-23-12-13-24(35)33(22-10-8-20(9-11-22)25(29)36)26(23)31-27(30-18)32-16-14-28(15-17-32,19(2)34)21-6-4-3-5-7-21/h3-13H,14-17H2,1-2H3,(H2,29,36). The molecule has 1 saturated heterocycles. The third kappa shape index (κ3) is 3.94. The Kier molecular flexibility index (Phi) is 5.88. The van der Waals surface area contributed by atoms with Crippen molar-refractivity contribution in [3.8, 4) is 5.69 Å². The van der Waals surface area contributed by atoms with Gasteiger partial charge in [-0.05, 0) is 62.6 Å². The monoisotopic (exact) mass is 481 g/mol. The number of hydrogen-bond donors (Lipinski definition) is 1. The molecule has 0 bridgehead atoms. The number of anilines is 1. The molecule has 0 unspecified atom stereocenters. The summed E-state index contributed by atoms with van der Waals surface area (Å²) in [6, 6.07) is 19.7. The SMILES string of the molecule is CC(=O)C1(c2ccccc2)CCN(c2nc(C)c3ccc(=O)n(-c4ccc(C(N)=O)cc4)c3n2)CC1. The number of pyridine rings is 1. The summed E-state index contributed by atoms with van der Waals surface area (Å²) in [7, 11) is 0. The lowest BCUT2D eigenvalue weighted by atomic mass is 9.70. The van der Waals surface area contributed by atoms with E-state index in [2.05, 4.69) is 4.90 Å². The number of Topliss-reactive ketones (excluding diaryl/α,β-unsaturated/α-hetero) is 1. The van der Waals surface area contributed by atoms with Crippen molar-refractivity contribution in [2.24, 2.45) is 5.73 Å². The number of aryl methyl sites for hydroxylation is 1. The molecule has 2 aromatic heterocycles. The second-order valence-electron chi connectivity index (χ2n) is 9.26. The zero-order valence-corrected chi connectivity index (χ0v) is 20.3. The van der Waals surface area contributed by atoms with Gasteiger partial charge in [-0.15, -0.1) is 0 Å². The maximum absolute atomic E-state index is 12.9. The van der Waals surface area contributed by atoms with Gasteiger partial charge in [0.25, 0.3) is 5.56 Å². The average molecular weight is 482 g/mol. The van der Waals surface area contributed by atoms with Gasteiger partial charge in [-0.2, -0.15) is 4.98 Å². The highest BCUT2D eigenvalue weighted by Gasteiger charge is 2.40. The summed E-state index contributed by atoms with van der Waals surface area (Å²) in [6.07, 6.45) is 1.31.